The average Bonchev–Trinajstić information content (AvgIpc) is 2.76. The van der Waals surface area contributed by atoms with E-state index in [0.717, 1.165) is 15.7 Å². The number of benzene rings is 1. The molecular formula is C12H13N3O2S. The fourth-order valence-corrected chi connectivity index (χ4v) is 2.13. The topological polar surface area (TPSA) is 77.2 Å². The zero-order valence-electron chi connectivity index (χ0n) is 10.1. The molecule has 1 heterocycles. The van der Waals surface area contributed by atoms with Gasteiger partial charge in [-0.1, -0.05) is 0 Å². The first kappa shape index (κ1) is 12.4. The molecule has 0 saturated heterocycles. The van der Waals surface area contributed by atoms with Gasteiger partial charge in [0.25, 0.3) is 0 Å². The summed E-state index contributed by atoms with van der Waals surface area (Å²) in [7, 11) is 1.34. The number of carbonyl (C=O) groups excluding carboxylic acids is 1. The Kier molecular flexibility index (Phi) is 3.47. The van der Waals surface area contributed by atoms with Crippen LogP contribution < -0.4 is 11.1 Å². The maximum absolute atomic E-state index is 11.3. The van der Waals surface area contributed by atoms with Gasteiger partial charge in [-0.25, -0.2) is 9.78 Å². The van der Waals surface area contributed by atoms with Crippen LogP contribution >= 0.6 is 11.3 Å². The zero-order chi connectivity index (χ0) is 13.1. The predicted octanol–water partition coefficient (Wildman–Crippen LogP) is 2.56. The Balaban J connectivity index is 2.22. The van der Waals surface area contributed by atoms with Gasteiger partial charge >= 0.3 is 5.97 Å². The molecule has 5 nitrogen and oxygen atoms in total. The van der Waals surface area contributed by atoms with Crippen LogP contribution in [0.2, 0.25) is 0 Å². The third kappa shape index (κ3) is 2.60. The Morgan fingerprint density at radius 2 is 2.28 bits per heavy atom. The lowest BCUT2D eigenvalue weighted by molar-refractivity contribution is 0.0601. The number of carbonyl (C=O) groups is 1. The monoisotopic (exact) mass is 263 g/mol. The quantitative estimate of drug-likeness (QED) is 0.657. The number of rotatable bonds is 3. The number of aryl methyl sites for hydroxylation is 1. The average molecular weight is 263 g/mol. The van der Waals surface area contributed by atoms with E-state index < -0.39 is 5.97 Å². The highest BCUT2D eigenvalue weighted by molar-refractivity contribution is 7.15. The van der Waals surface area contributed by atoms with Crippen LogP contribution in [-0.4, -0.2) is 18.1 Å². The minimum absolute atomic E-state index is 0.404. The van der Waals surface area contributed by atoms with E-state index in [-0.39, 0.29) is 0 Å². The van der Waals surface area contributed by atoms with Crippen molar-refractivity contribution in [2.75, 3.05) is 18.2 Å². The van der Waals surface area contributed by atoms with Crippen LogP contribution in [0, 0.1) is 6.92 Å². The highest BCUT2D eigenvalue weighted by Gasteiger charge is 2.09. The molecule has 0 saturated carbocycles. The third-order valence-corrected chi connectivity index (χ3v) is 3.16. The van der Waals surface area contributed by atoms with E-state index in [4.69, 9.17) is 5.73 Å². The molecule has 0 amide bonds. The Morgan fingerprint density at radius 3 is 2.83 bits per heavy atom. The van der Waals surface area contributed by atoms with Gasteiger partial charge in [-0.05, 0) is 25.1 Å². The number of hydrogen-bond donors (Lipinski definition) is 2. The fourth-order valence-electron chi connectivity index (χ4n) is 1.45. The molecule has 1 aromatic heterocycles. The van der Waals surface area contributed by atoms with Crippen molar-refractivity contribution in [3.05, 3.63) is 34.8 Å². The first-order valence-corrected chi connectivity index (χ1v) is 6.09. The smallest absolute Gasteiger partial charge is 0.337 e. The Bertz CT molecular complexity index is 580. The molecule has 0 spiro atoms. The third-order valence-electron chi connectivity index (χ3n) is 2.34. The maximum atomic E-state index is 11.3. The molecule has 18 heavy (non-hydrogen) atoms. The second kappa shape index (κ2) is 5.05. The maximum Gasteiger partial charge on any atom is 0.337 e. The van der Waals surface area contributed by atoms with E-state index in [1.807, 2.05) is 6.92 Å². The molecule has 0 radical (unpaired) electrons. The van der Waals surface area contributed by atoms with E-state index in [9.17, 15) is 4.79 Å². The molecule has 0 fully saturated rings. The van der Waals surface area contributed by atoms with E-state index in [1.54, 1.807) is 24.4 Å². The number of ether oxygens (including phenoxy) is 1. The second-order valence-electron chi connectivity index (χ2n) is 3.69. The zero-order valence-corrected chi connectivity index (χ0v) is 10.9. The number of anilines is 3. The van der Waals surface area contributed by atoms with Gasteiger partial charge in [0.2, 0.25) is 0 Å². The highest BCUT2D eigenvalue weighted by Crippen LogP contribution is 2.26. The molecule has 0 aliphatic carbocycles. The van der Waals surface area contributed by atoms with Crippen molar-refractivity contribution in [3.63, 3.8) is 0 Å². The van der Waals surface area contributed by atoms with Gasteiger partial charge in [0.1, 0.15) is 0 Å². The molecule has 0 unspecified atom stereocenters. The molecule has 6 heteroatoms. The molecule has 0 aliphatic rings. The van der Waals surface area contributed by atoms with Crippen LogP contribution in [0.1, 0.15) is 15.2 Å². The van der Waals surface area contributed by atoms with Crippen molar-refractivity contribution >= 4 is 33.8 Å². The molecule has 1 aromatic carbocycles. The van der Waals surface area contributed by atoms with Gasteiger partial charge in [0.05, 0.1) is 24.0 Å². The number of nitrogen functional groups attached to an aromatic ring is 1. The summed E-state index contributed by atoms with van der Waals surface area (Å²) in [6, 6.07) is 4.97. The molecule has 2 rings (SSSR count). The Hall–Kier alpha value is -2.08. The number of nitrogens with zero attached hydrogens (tertiary/aromatic N) is 1. The Morgan fingerprint density at radius 1 is 1.50 bits per heavy atom. The van der Waals surface area contributed by atoms with Gasteiger partial charge in [0.15, 0.2) is 5.13 Å². The normalized spacial score (nSPS) is 10.1. The number of nitrogens with two attached hydrogens (primary N) is 1. The van der Waals surface area contributed by atoms with Crippen LogP contribution in [-0.2, 0) is 4.74 Å². The molecule has 94 valence electrons. The van der Waals surface area contributed by atoms with Crippen LogP contribution in [0.25, 0.3) is 0 Å². The number of nitrogens with one attached hydrogen (secondary N) is 1. The summed E-state index contributed by atoms with van der Waals surface area (Å²) in [5, 5.41) is 3.88. The first-order chi connectivity index (χ1) is 8.60. The van der Waals surface area contributed by atoms with Crippen molar-refractivity contribution < 1.29 is 9.53 Å². The Labute approximate surface area is 109 Å². The molecule has 2 aromatic rings. The fraction of sp³-hybridized carbons (Fsp3) is 0.167. The lowest BCUT2D eigenvalue weighted by atomic mass is 10.2. The summed E-state index contributed by atoms with van der Waals surface area (Å²) in [4.78, 5) is 16.6. The van der Waals surface area contributed by atoms with Gasteiger partial charge in [-0.15, -0.1) is 11.3 Å². The van der Waals surface area contributed by atoms with Gasteiger partial charge in [0, 0.05) is 11.1 Å². The van der Waals surface area contributed by atoms with Crippen molar-refractivity contribution in [1.82, 2.24) is 4.98 Å². The van der Waals surface area contributed by atoms with E-state index in [0.29, 0.717) is 11.3 Å². The number of hydrogen-bond acceptors (Lipinski definition) is 6. The van der Waals surface area contributed by atoms with E-state index in [1.165, 1.54) is 18.4 Å². The minimum atomic E-state index is -0.404. The van der Waals surface area contributed by atoms with Crippen LogP contribution in [0.15, 0.2) is 24.4 Å². The standard InChI is InChI=1S/C12H13N3O2S/c1-7-6-14-12(18-7)15-10-4-3-8(5-9(10)13)11(16)17-2/h3-6H,13H2,1-2H3,(H,14,15). The van der Waals surface area contributed by atoms with E-state index >= 15 is 0 Å². The SMILES string of the molecule is COC(=O)c1ccc(Nc2ncc(C)s2)c(N)c1. The number of aromatic nitrogens is 1. The summed E-state index contributed by atoms with van der Waals surface area (Å²) >= 11 is 1.54. The highest BCUT2D eigenvalue weighted by atomic mass is 32.1. The van der Waals surface area contributed by atoms with Gasteiger partial charge in [-0.2, -0.15) is 0 Å². The molecule has 0 aliphatic heterocycles. The van der Waals surface area contributed by atoms with Crippen molar-refractivity contribution in [2.45, 2.75) is 6.92 Å². The number of thiazole rings is 1. The lowest BCUT2D eigenvalue weighted by Crippen LogP contribution is -2.03. The summed E-state index contributed by atoms with van der Waals surface area (Å²) in [6.07, 6.45) is 1.78. The largest absolute Gasteiger partial charge is 0.465 e. The van der Waals surface area contributed by atoms with Gasteiger partial charge in [-0.3, -0.25) is 0 Å². The summed E-state index contributed by atoms with van der Waals surface area (Å²) < 4.78 is 4.63. The summed E-state index contributed by atoms with van der Waals surface area (Å²) in [5.41, 5.74) is 7.50. The number of methoxy groups -OCH3 is 1. The summed E-state index contributed by atoms with van der Waals surface area (Å²) in [6.45, 7) is 1.98. The van der Waals surface area contributed by atoms with Crippen LogP contribution in [0.5, 0.6) is 0 Å². The van der Waals surface area contributed by atoms with Crippen molar-refractivity contribution in [2.24, 2.45) is 0 Å². The van der Waals surface area contributed by atoms with Crippen molar-refractivity contribution in [1.29, 1.82) is 0 Å². The van der Waals surface area contributed by atoms with Crippen LogP contribution in [0.4, 0.5) is 16.5 Å². The molecular weight excluding hydrogens is 250 g/mol. The van der Waals surface area contributed by atoms with Gasteiger partial charge < -0.3 is 15.8 Å². The lowest BCUT2D eigenvalue weighted by Gasteiger charge is -2.07. The molecule has 3 N–H and O–H groups in total. The van der Waals surface area contributed by atoms with E-state index in [2.05, 4.69) is 15.0 Å². The predicted molar refractivity (Wildman–Crippen MR) is 72.3 cm³/mol. The second-order valence-corrected chi connectivity index (χ2v) is 4.93. The van der Waals surface area contributed by atoms with Crippen molar-refractivity contribution in [3.8, 4) is 0 Å². The molecule has 0 bridgehead atoms. The minimum Gasteiger partial charge on any atom is -0.465 e. The summed E-state index contributed by atoms with van der Waals surface area (Å²) in [5.74, 6) is -0.404. The number of esters is 1. The molecule has 0 atom stereocenters. The first-order valence-electron chi connectivity index (χ1n) is 5.27. The van der Waals surface area contributed by atoms with Crippen LogP contribution in [0.3, 0.4) is 0 Å².